The van der Waals surface area contributed by atoms with Gasteiger partial charge in [0.15, 0.2) is 0 Å². The van der Waals surface area contributed by atoms with Gasteiger partial charge in [0.1, 0.15) is 6.26 Å². The van der Waals surface area contributed by atoms with Crippen LogP contribution in [0.15, 0.2) is 16.9 Å². The summed E-state index contributed by atoms with van der Waals surface area (Å²) in [5.74, 6) is 0.375. The van der Waals surface area contributed by atoms with Crippen molar-refractivity contribution in [2.45, 2.75) is 19.4 Å². The Bertz CT molecular complexity index is 458. The fourth-order valence-electron chi connectivity index (χ4n) is 2.23. The summed E-state index contributed by atoms with van der Waals surface area (Å²) in [7, 11) is -3.05. The molecule has 1 aliphatic heterocycles. The average Bonchev–Trinajstić information content (AvgIpc) is 2.81. The van der Waals surface area contributed by atoms with E-state index in [4.69, 9.17) is 4.52 Å². The molecule has 1 aliphatic rings. The molecule has 7 heteroatoms. The lowest BCUT2D eigenvalue weighted by Crippen LogP contribution is -2.42. The summed E-state index contributed by atoms with van der Waals surface area (Å²) in [6.07, 6.45) is 4.82. The van der Waals surface area contributed by atoms with Crippen molar-refractivity contribution >= 4 is 10.0 Å². The summed E-state index contributed by atoms with van der Waals surface area (Å²) < 4.78 is 29.3. The third-order valence-electron chi connectivity index (χ3n) is 3.18. The van der Waals surface area contributed by atoms with E-state index in [1.807, 2.05) is 6.07 Å². The van der Waals surface area contributed by atoms with Crippen molar-refractivity contribution in [2.24, 2.45) is 5.92 Å². The fourth-order valence-corrected chi connectivity index (χ4v) is 3.17. The first kappa shape index (κ1) is 13.5. The molecule has 1 atom stereocenters. The Morgan fingerprint density at radius 2 is 2.44 bits per heavy atom. The predicted octanol–water partition coefficient (Wildman–Crippen LogP) is 0.436. The van der Waals surface area contributed by atoms with Gasteiger partial charge < -0.3 is 9.84 Å². The number of hydrogen-bond acceptors (Lipinski definition) is 5. The third kappa shape index (κ3) is 3.79. The number of nitrogens with one attached hydrogen (secondary N) is 1. The lowest BCUT2D eigenvalue weighted by atomic mass is 10.00. The van der Waals surface area contributed by atoms with Crippen LogP contribution in [0, 0.1) is 5.92 Å². The quantitative estimate of drug-likeness (QED) is 0.842. The predicted molar refractivity (Wildman–Crippen MR) is 67.4 cm³/mol. The lowest BCUT2D eigenvalue weighted by molar-refractivity contribution is 0.260. The van der Waals surface area contributed by atoms with E-state index in [9.17, 15) is 8.42 Å². The highest BCUT2D eigenvalue weighted by atomic mass is 32.2. The molecule has 0 spiro atoms. The van der Waals surface area contributed by atoms with Crippen LogP contribution in [0.5, 0.6) is 0 Å². The summed E-state index contributed by atoms with van der Waals surface area (Å²) >= 11 is 0. The maximum atomic E-state index is 11.5. The smallest absolute Gasteiger partial charge is 0.211 e. The molecule has 1 fully saturated rings. The minimum absolute atomic E-state index is 0.375. The van der Waals surface area contributed by atoms with Crippen LogP contribution in [0.25, 0.3) is 0 Å². The molecule has 1 saturated heterocycles. The highest BCUT2D eigenvalue weighted by Gasteiger charge is 2.25. The number of hydrogen-bond donors (Lipinski definition) is 1. The molecule has 0 saturated carbocycles. The second kappa shape index (κ2) is 5.81. The third-order valence-corrected chi connectivity index (χ3v) is 4.45. The van der Waals surface area contributed by atoms with Gasteiger partial charge in [-0.05, 0) is 25.3 Å². The number of piperidine rings is 1. The van der Waals surface area contributed by atoms with Gasteiger partial charge in [0.25, 0.3) is 0 Å². The number of rotatable bonds is 5. The molecule has 1 aromatic rings. The van der Waals surface area contributed by atoms with Crippen molar-refractivity contribution in [1.82, 2.24) is 14.8 Å². The topological polar surface area (TPSA) is 75.4 Å². The fraction of sp³-hybridized carbons (Fsp3) is 0.727. The zero-order valence-corrected chi connectivity index (χ0v) is 11.3. The second-order valence-electron chi connectivity index (χ2n) is 4.75. The van der Waals surface area contributed by atoms with Crippen LogP contribution < -0.4 is 5.32 Å². The maximum absolute atomic E-state index is 11.5. The van der Waals surface area contributed by atoms with Crippen LogP contribution in [-0.4, -0.2) is 43.8 Å². The second-order valence-corrected chi connectivity index (χ2v) is 6.73. The Balaban J connectivity index is 1.76. The largest absolute Gasteiger partial charge is 0.364 e. The van der Waals surface area contributed by atoms with Gasteiger partial charge >= 0.3 is 0 Å². The van der Waals surface area contributed by atoms with Crippen LogP contribution in [0.3, 0.4) is 0 Å². The average molecular weight is 273 g/mol. The van der Waals surface area contributed by atoms with E-state index in [1.54, 1.807) is 10.6 Å². The Hall–Kier alpha value is -0.920. The summed E-state index contributed by atoms with van der Waals surface area (Å²) in [6, 6.07) is 1.82. The Labute approximate surface area is 107 Å². The molecular weight excluding hydrogens is 254 g/mol. The minimum Gasteiger partial charge on any atom is -0.364 e. The van der Waals surface area contributed by atoms with Crippen molar-refractivity contribution in [2.75, 3.05) is 25.9 Å². The van der Waals surface area contributed by atoms with Crippen molar-refractivity contribution < 1.29 is 12.9 Å². The van der Waals surface area contributed by atoms with Gasteiger partial charge in [-0.15, -0.1) is 0 Å². The zero-order chi connectivity index (χ0) is 13.0. The van der Waals surface area contributed by atoms with Gasteiger partial charge in [-0.2, -0.15) is 0 Å². The Morgan fingerprint density at radius 1 is 1.61 bits per heavy atom. The molecule has 1 N–H and O–H groups in total. The molecule has 0 bridgehead atoms. The molecule has 1 aromatic heterocycles. The first-order valence-electron chi connectivity index (χ1n) is 6.11. The summed E-state index contributed by atoms with van der Waals surface area (Å²) in [5, 5.41) is 7.09. The SMILES string of the molecule is CS(=O)(=O)N1CCCC(CNCc2ccon2)C1. The molecule has 0 aromatic carbocycles. The van der Waals surface area contributed by atoms with Crippen molar-refractivity contribution in [1.29, 1.82) is 0 Å². The van der Waals surface area contributed by atoms with Gasteiger partial charge in [0.05, 0.1) is 11.9 Å². The Kier molecular flexibility index (Phi) is 4.36. The van der Waals surface area contributed by atoms with E-state index in [2.05, 4.69) is 10.5 Å². The number of nitrogens with zero attached hydrogens (tertiary/aromatic N) is 2. The van der Waals surface area contributed by atoms with Crippen LogP contribution in [0.4, 0.5) is 0 Å². The van der Waals surface area contributed by atoms with E-state index >= 15 is 0 Å². The van der Waals surface area contributed by atoms with Gasteiger partial charge in [0.2, 0.25) is 10.0 Å². The van der Waals surface area contributed by atoms with Crippen LogP contribution in [0.1, 0.15) is 18.5 Å². The standard InChI is InChI=1S/C11H19N3O3S/c1-18(15,16)14-5-2-3-10(9-14)7-12-8-11-4-6-17-13-11/h4,6,10,12H,2-3,5,7-9H2,1H3. The molecule has 18 heavy (non-hydrogen) atoms. The minimum atomic E-state index is -3.05. The van der Waals surface area contributed by atoms with E-state index in [0.717, 1.165) is 25.1 Å². The zero-order valence-electron chi connectivity index (χ0n) is 10.5. The highest BCUT2D eigenvalue weighted by molar-refractivity contribution is 7.88. The molecular formula is C11H19N3O3S. The Morgan fingerprint density at radius 3 is 3.11 bits per heavy atom. The first-order chi connectivity index (χ1) is 8.55. The van der Waals surface area contributed by atoms with E-state index in [1.165, 1.54) is 6.26 Å². The van der Waals surface area contributed by atoms with Crippen LogP contribution in [0.2, 0.25) is 0 Å². The van der Waals surface area contributed by atoms with E-state index in [0.29, 0.717) is 25.6 Å². The van der Waals surface area contributed by atoms with Gasteiger partial charge in [-0.25, -0.2) is 12.7 Å². The van der Waals surface area contributed by atoms with Crippen molar-refractivity contribution in [3.63, 3.8) is 0 Å². The van der Waals surface area contributed by atoms with Gasteiger partial charge in [-0.3, -0.25) is 0 Å². The summed E-state index contributed by atoms with van der Waals surface area (Å²) in [5.41, 5.74) is 0.866. The molecule has 102 valence electrons. The molecule has 1 unspecified atom stereocenters. The number of aromatic nitrogens is 1. The first-order valence-corrected chi connectivity index (χ1v) is 7.95. The van der Waals surface area contributed by atoms with Gasteiger partial charge in [0, 0.05) is 25.7 Å². The van der Waals surface area contributed by atoms with E-state index in [-0.39, 0.29) is 0 Å². The van der Waals surface area contributed by atoms with Crippen molar-refractivity contribution in [3.05, 3.63) is 18.0 Å². The van der Waals surface area contributed by atoms with Crippen LogP contribution >= 0.6 is 0 Å². The molecule has 2 heterocycles. The lowest BCUT2D eigenvalue weighted by Gasteiger charge is -2.30. The monoisotopic (exact) mass is 273 g/mol. The summed E-state index contributed by atoms with van der Waals surface area (Å²) in [4.78, 5) is 0. The summed E-state index contributed by atoms with van der Waals surface area (Å²) in [6.45, 7) is 2.73. The molecule has 0 radical (unpaired) electrons. The van der Waals surface area contributed by atoms with E-state index < -0.39 is 10.0 Å². The normalized spacial score (nSPS) is 22.2. The number of sulfonamides is 1. The van der Waals surface area contributed by atoms with Crippen LogP contribution in [-0.2, 0) is 16.6 Å². The molecule has 0 aliphatic carbocycles. The maximum Gasteiger partial charge on any atom is 0.211 e. The molecule has 0 amide bonds. The van der Waals surface area contributed by atoms with Crippen molar-refractivity contribution in [3.8, 4) is 0 Å². The molecule has 6 nitrogen and oxygen atoms in total. The highest BCUT2D eigenvalue weighted by Crippen LogP contribution is 2.17. The molecule has 2 rings (SSSR count). The van der Waals surface area contributed by atoms with Gasteiger partial charge in [-0.1, -0.05) is 5.16 Å².